The number of hydrogen-bond donors (Lipinski definition) is 2. The lowest BCUT2D eigenvalue weighted by atomic mass is 10.1. The number of rotatable bonds is 3. The molecule has 0 aliphatic rings. The normalized spacial score (nSPS) is 10.2. The van der Waals surface area contributed by atoms with Crippen molar-refractivity contribution in [2.45, 2.75) is 0 Å². The number of amides is 1. The molecule has 4 nitrogen and oxygen atoms in total. The summed E-state index contributed by atoms with van der Waals surface area (Å²) in [4.78, 5) is 23.2. The number of nitrogens with one attached hydrogen (secondary N) is 1. The van der Waals surface area contributed by atoms with Gasteiger partial charge in [0.05, 0.1) is 11.3 Å². The van der Waals surface area contributed by atoms with Crippen LogP contribution in [0.1, 0.15) is 20.7 Å². The standard InChI is InChI=1S/C14H8Br2FNO3/c15-8-1-2-11(14(20)21)12(6-8)18-13(19)7-3-9(16)5-10(17)4-7/h1-6H,(H,18,19)(H,20,21). The molecule has 0 spiro atoms. The topological polar surface area (TPSA) is 66.4 Å². The number of benzene rings is 2. The molecule has 0 aromatic heterocycles. The average Bonchev–Trinajstić information content (AvgIpc) is 2.37. The molecule has 0 unspecified atom stereocenters. The number of hydrogen-bond acceptors (Lipinski definition) is 2. The van der Waals surface area contributed by atoms with E-state index in [-0.39, 0.29) is 16.8 Å². The fourth-order valence-electron chi connectivity index (χ4n) is 1.69. The number of aromatic carboxylic acids is 1. The second-order valence-electron chi connectivity index (χ2n) is 4.11. The van der Waals surface area contributed by atoms with Gasteiger partial charge in [0.15, 0.2) is 0 Å². The Bertz CT molecular complexity index is 714. The lowest BCUT2D eigenvalue weighted by Gasteiger charge is -2.09. The molecule has 0 atom stereocenters. The van der Waals surface area contributed by atoms with Crippen molar-refractivity contribution in [3.05, 3.63) is 62.3 Å². The zero-order valence-corrected chi connectivity index (χ0v) is 13.5. The Morgan fingerprint density at radius 3 is 2.38 bits per heavy atom. The molecule has 0 aliphatic heterocycles. The van der Waals surface area contributed by atoms with E-state index in [9.17, 15) is 14.0 Å². The fraction of sp³-hybridized carbons (Fsp3) is 0. The van der Waals surface area contributed by atoms with Gasteiger partial charge >= 0.3 is 5.97 Å². The summed E-state index contributed by atoms with van der Waals surface area (Å²) >= 11 is 6.30. The Labute approximate surface area is 136 Å². The van der Waals surface area contributed by atoms with Crippen LogP contribution in [0.25, 0.3) is 0 Å². The van der Waals surface area contributed by atoms with Crippen LogP contribution in [0.3, 0.4) is 0 Å². The summed E-state index contributed by atoms with van der Waals surface area (Å²) in [5.41, 5.74) is 0.155. The van der Waals surface area contributed by atoms with Crippen LogP contribution in [-0.4, -0.2) is 17.0 Å². The molecule has 0 aliphatic carbocycles. The van der Waals surface area contributed by atoms with Crippen LogP contribution in [-0.2, 0) is 0 Å². The fourth-order valence-corrected chi connectivity index (χ4v) is 2.51. The van der Waals surface area contributed by atoms with Gasteiger partial charge in [-0.15, -0.1) is 0 Å². The number of anilines is 1. The third-order valence-corrected chi connectivity index (χ3v) is 3.54. The first-order valence-corrected chi connectivity index (χ1v) is 7.25. The van der Waals surface area contributed by atoms with E-state index in [4.69, 9.17) is 5.11 Å². The molecule has 0 saturated carbocycles. The lowest BCUT2D eigenvalue weighted by Crippen LogP contribution is -2.15. The summed E-state index contributed by atoms with van der Waals surface area (Å²) in [6, 6.07) is 8.12. The van der Waals surface area contributed by atoms with Gasteiger partial charge < -0.3 is 10.4 Å². The van der Waals surface area contributed by atoms with Gasteiger partial charge in [-0.1, -0.05) is 31.9 Å². The minimum Gasteiger partial charge on any atom is -0.478 e. The molecule has 2 N–H and O–H groups in total. The number of carboxylic acids is 1. The van der Waals surface area contributed by atoms with E-state index >= 15 is 0 Å². The Hall–Kier alpha value is -1.73. The van der Waals surface area contributed by atoms with Crippen LogP contribution < -0.4 is 5.32 Å². The first-order chi connectivity index (χ1) is 9.86. The molecule has 7 heteroatoms. The van der Waals surface area contributed by atoms with Crippen molar-refractivity contribution in [2.75, 3.05) is 5.32 Å². The van der Waals surface area contributed by atoms with Gasteiger partial charge in [-0.05, 0) is 36.4 Å². The summed E-state index contributed by atoms with van der Waals surface area (Å²) in [6.45, 7) is 0. The Balaban J connectivity index is 2.35. The molecule has 21 heavy (non-hydrogen) atoms. The van der Waals surface area contributed by atoms with Gasteiger partial charge in [0.25, 0.3) is 5.91 Å². The second kappa shape index (κ2) is 6.36. The van der Waals surface area contributed by atoms with Crippen molar-refractivity contribution in [3.8, 4) is 0 Å². The second-order valence-corrected chi connectivity index (χ2v) is 5.94. The first-order valence-electron chi connectivity index (χ1n) is 5.67. The molecular weight excluding hydrogens is 409 g/mol. The third kappa shape index (κ3) is 3.89. The van der Waals surface area contributed by atoms with Crippen molar-refractivity contribution in [1.82, 2.24) is 0 Å². The summed E-state index contributed by atoms with van der Waals surface area (Å²) in [5, 5.41) is 11.6. The zero-order chi connectivity index (χ0) is 15.6. The zero-order valence-electron chi connectivity index (χ0n) is 10.4. The number of carbonyl (C=O) groups excluding carboxylic acids is 1. The maximum atomic E-state index is 13.3. The maximum Gasteiger partial charge on any atom is 0.337 e. The highest BCUT2D eigenvalue weighted by Gasteiger charge is 2.15. The van der Waals surface area contributed by atoms with Gasteiger partial charge in [-0.2, -0.15) is 0 Å². The van der Waals surface area contributed by atoms with Crippen molar-refractivity contribution in [1.29, 1.82) is 0 Å². The SMILES string of the molecule is O=C(Nc1cc(Br)ccc1C(=O)O)c1cc(F)cc(Br)c1. The van der Waals surface area contributed by atoms with Crippen LogP contribution >= 0.6 is 31.9 Å². The van der Waals surface area contributed by atoms with E-state index in [2.05, 4.69) is 37.2 Å². The minimum atomic E-state index is -1.17. The molecular formula is C14H8Br2FNO3. The van der Waals surface area contributed by atoms with Crippen molar-refractivity contribution >= 4 is 49.4 Å². The van der Waals surface area contributed by atoms with Gasteiger partial charge in [0, 0.05) is 14.5 Å². The van der Waals surface area contributed by atoms with Gasteiger partial charge in [-0.25, -0.2) is 9.18 Å². The van der Waals surface area contributed by atoms with Crippen LogP contribution in [0.4, 0.5) is 10.1 Å². The van der Waals surface area contributed by atoms with Gasteiger partial charge in [-0.3, -0.25) is 4.79 Å². The monoisotopic (exact) mass is 415 g/mol. The van der Waals surface area contributed by atoms with Crippen molar-refractivity contribution in [3.63, 3.8) is 0 Å². The lowest BCUT2D eigenvalue weighted by molar-refractivity contribution is 0.0698. The van der Waals surface area contributed by atoms with E-state index in [0.29, 0.717) is 8.95 Å². The van der Waals surface area contributed by atoms with Crippen LogP contribution in [0.5, 0.6) is 0 Å². The van der Waals surface area contributed by atoms with E-state index in [1.165, 1.54) is 24.3 Å². The molecule has 0 fully saturated rings. The van der Waals surface area contributed by atoms with Crippen LogP contribution in [0.15, 0.2) is 45.3 Å². The quantitative estimate of drug-likeness (QED) is 0.783. The van der Waals surface area contributed by atoms with Crippen LogP contribution in [0, 0.1) is 5.82 Å². The Kier molecular flexibility index (Phi) is 4.74. The van der Waals surface area contributed by atoms with Gasteiger partial charge in [0.1, 0.15) is 5.82 Å². The third-order valence-electron chi connectivity index (χ3n) is 2.58. The highest BCUT2D eigenvalue weighted by Crippen LogP contribution is 2.23. The van der Waals surface area contributed by atoms with Crippen molar-refractivity contribution in [2.24, 2.45) is 0 Å². The summed E-state index contributed by atoms with van der Waals surface area (Å²) in [5.74, 6) is -2.34. The number of carboxylic acid groups (broad SMARTS) is 1. The summed E-state index contributed by atoms with van der Waals surface area (Å²) in [7, 11) is 0. The van der Waals surface area contributed by atoms with Crippen LogP contribution in [0.2, 0.25) is 0 Å². The molecule has 0 saturated heterocycles. The van der Waals surface area contributed by atoms with E-state index < -0.39 is 17.7 Å². The minimum absolute atomic E-state index is 0.0537. The summed E-state index contributed by atoms with van der Waals surface area (Å²) < 4.78 is 14.3. The predicted octanol–water partition coefficient (Wildman–Crippen LogP) is 4.30. The molecule has 0 heterocycles. The van der Waals surface area contributed by atoms with E-state index in [1.807, 2.05) is 0 Å². The molecule has 108 valence electrons. The Morgan fingerprint density at radius 1 is 1.05 bits per heavy atom. The van der Waals surface area contributed by atoms with E-state index in [1.54, 1.807) is 6.07 Å². The maximum absolute atomic E-state index is 13.3. The smallest absolute Gasteiger partial charge is 0.337 e. The number of carbonyl (C=O) groups is 2. The first kappa shape index (κ1) is 15.7. The van der Waals surface area contributed by atoms with Crippen molar-refractivity contribution < 1.29 is 19.1 Å². The molecule has 2 aromatic carbocycles. The largest absolute Gasteiger partial charge is 0.478 e. The summed E-state index contributed by atoms with van der Waals surface area (Å²) in [6.07, 6.45) is 0. The predicted molar refractivity (Wildman–Crippen MR) is 83.2 cm³/mol. The molecule has 2 rings (SSSR count). The molecule has 1 amide bonds. The van der Waals surface area contributed by atoms with Gasteiger partial charge in [0.2, 0.25) is 0 Å². The van der Waals surface area contributed by atoms with E-state index in [0.717, 1.165) is 6.07 Å². The highest BCUT2D eigenvalue weighted by atomic mass is 79.9. The molecule has 0 bridgehead atoms. The Morgan fingerprint density at radius 2 is 1.76 bits per heavy atom. The highest BCUT2D eigenvalue weighted by molar-refractivity contribution is 9.10. The molecule has 0 radical (unpaired) electrons. The number of halogens is 3. The molecule has 2 aromatic rings. The average molecular weight is 417 g/mol.